The van der Waals surface area contributed by atoms with Crippen LogP contribution in [0.2, 0.25) is 0 Å². The minimum absolute atomic E-state index is 0.242. The molecule has 1 aromatic heterocycles. The first-order valence-electron chi connectivity index (χ1n) is 7.15. The van der Waals surface area contributed by atoms with E-state index in [1.165, 1.54) is 12.1 Å². The van der Waals surface area contributed by atoms with E-state index in [0.717, 1.165) is 36.1 Å². The number of rotatable bonds is 3. The van der Waals surface area contributed by atoms with E-state index in [0.29, 0.717) is 11.6 Å². The third-order valence-electron chi connectivity index (χ3n) is 4.19. The lowest BCUT2D eigenvalue weighted by Crippen LogP contribution is -2.25. The number of aryl methyl sites for hydroxylation is 1. The van der Waals surface area contributed by atoms with Crippen molar-refractivity contribution in [1.29, 1.82) is 0 Å². The fourth-order valence-electron chi connectivity index (χ4n) is 2.83. The van der Waals surface area contributed by atoms with Gasteiger partial charge in [0.2, 0.25) is 0 Å². The number of aromatic nitrogens is 2. The van der Waals surface area contributed by atoms with Crippen LogP contribution in [0.3, 0.4) is 0 Å². The zero-order valence-electron chi connectivity index (χ0n) is 12.3. The van der Waals surface area contributed by atoms with Gasteiger partial charge in [0, 0.05) is 16.7 Å². The van der Waals surface area contributed by atoms with Crippen molar-refractivity contribution in [2.75, 3.05) is 5.43 Å². The first-order chi connectivity index (χ1) is 10.0. The summed E-state index contributed by atoms with van der Waals surface area (Å²) in [6, 6.07) is 6.49. The van der Waals surface area contributed by atoms with Crippen molar-refractivity contribution in [2.24, 2.45) is 5.84 Å². The Morgan fingerprint density at radius 2 is 1.86 bits per heavy atom. The van der Waals surface area contributed by atoms with Gasteiger partial charge in [-0.1, -0.05) is 12.1 Å². The lowest BCUT2D eigenvalue weighted by molar-refractivity contribution is 0.580. The van der Waals surface area contributed by atoms with Crippen LogP contribution in [0.25, 0.3) is 0 Å². The second-order valence-electron chi connectivity index (χ2n) is 5.95. The average molecular weight is 286 g/mol. The molecule has 1 aromatic carbocycles. The smallest absolute Gasteiger partial charge is 0.147 e. The highest BCUT2D eigenvalue weighted by Crippen LogP contribution is 2.33. The van der Waals surface area contributed by atoms with E-state index >= 15 is 0 Å². The summed E-state index contributed by atoms with van der Waals surface area (Å²) in [5, 5.41) is 0. The number of fused-ring (bicyclic) bond motifs is 1. The summed E-state index contributed by atoms with van der Waals surface area (Å²) in [6.07, 6.45) is 3.00. The summed E-state index contributed by atoms with van der Waals surface area (Å²) in [7, 11) is 0. The van der Waals surface area contributed by atoms with Crippen molar-refractivity contribution in [1.82, 2.24) is 9.97 Å². The Balaban J connectivity index is 2.08. The van der Waals surface area contributed by atoms with Crippen molar-refractivity contribution in [3.05, 3.63) is 52.7 Å². The number of benzene rings is 1. The van der Waals surface area contributed by atoms with Crippen LogP contribution < -0.4 is 11.3 Å². The number of nitrogens with two attached hydrogens (primary N) is 1. The summed E-state index contributed by atoms with van der Waals surface area (Å²) in [5.74, 6) is 6.78. The van der Waals surface area contributed by atoms with E-state index < -0.39 is 5.41 Å². The molecule has 4 nitrogen and oxygen atoms in total. The van der Waals surface area contributed by atoms with Gasteiger partial charge in [0.1, 0.15) is 17.5 Å². The normalized spacial score (nSPS) is 14.1. The van der Waals surface area contributed by atoms with Crippen LogP contribution in [0.1, 0.15) is 42.9 Å². The summed E-state index contributed by atoms with van der Waals surface area (Å²) in [6.45, 7) is 4.08. The Bertz CT molecular complexity index is 665. The maximum atomic E-state index is 13.1. The van der Waals surface area contributed by atoms with Gasteiger partial charge in [-0.15, -0.1) is 0 Å². The predicted molar refractivity (Wildman–Crippen MR) is 80.4 cm³/mol. The van der Waals surface area contributed by atoms with Gasteiger partial charge in [0.25, 0.3) is 0 Å². The molecule has 1 aliphatic rings. The van der Waals surface area contributed by atoms with E-state index in [1.54, 1.807) is 12.1 Å². The van der Waals surface area contributed by atoms with Gasteiger partial charge in [-0.05, 0) is 50.8 Å². The third-order valence-corrected chi connectivity index (χ3v) is 4.19. The molecule has 0 radical (unpaired) electrons. The minimum Gasteiger partial charge on any atom is -0.308 e. The number of nitrogens with one attached hydrogen (secondary N) is 1. The van der Waals surface area contributed by atoms with Gasteiger partial charge in [-0.25, -0.2) is 20.2 Å². The zero-order chi connectivity index (χ0) is 15.0. The van der Waals surface area contributed by atoms with Crippen LogP contribution in [0, 0.1) is 5.82 Å². The summed E-state index contributed by atoms with van der Waals surface area (Å²) in [5.41, 5.74) is 5.45. The fraction of sp³-hybridized carbons (Fsp3) is 0.375. The summed E-state index contributed by atoms with van der Waals surface area (Å²) >= 11 is 0. The lowest BCUT2D eigenvalue weighted by Gasteiger charge is -2.25. The Hall–Kier alpha value is -2.01. The molecule has 1 heterocycles. The number of halogens is 1. The fourth-order valence-corrected chi connectivity index (χ4v) is 2.83. The number of hydrazine groups is 1. The summed E-state index contributed by atoms with van der Waals surface area (Å²) < 4.78 is 13.1. The molecule has 3 N–H and O–H groups in total. The van der Waals surface area contributed by atoms with Crippen molar-refractivity contribution in [3.8, 4) is 0 Å². The Labute approximate surface area is 123 Å². The van der Waals surface area contributed by atoms with Gasteiger partial charge >= 0.3 is 0 Å². The molecule has 0 amide bonds. The van der Waals surface area contributed by atoms with E-state index in [2.05, 4.69) is 10.4 Å². The van der Waals surface area contributed by atoms with E-state index in [9.17, 15) is 4.39 Å². The molecule has 21 heavy (non-hydrogen) atoms. The number of anilines is 1. The number of hydrogen-bond donors (Lipinski definition) is 2. The number of hydrogen-bond acceptors (Lipinski definition) is 4. The molecule has 0 fully saturated rings. The topological polar surface area (TPSA) is 63.8 Å². The molecule has 3 rings (SSSR count). The quantitative estimate of drug-likeness (QED) is 0.672. The van der Waals surface area contributed by atoms with Crippen molar-refractivity contribution in [3.63, 3.8) is 0 Å². The van der Waals surface area contributed by atoms with Crippen molar-refractivity contribution < 1.29 is 4.39 Å². The Morgan fingerprint density at radius 3 is 2.52 bits per heavy atom. The Kier molecular flexibility index (Phi) is 3.37. The minimum atomic E-state index is -0.406. The molecule has 0 atom stereocenters. The molecule has 5 heteroatoms. The summed E-state index contributed by atoms with van der Waals surface area (Å²) in [4.78, 5) is 9.32. The highest BCUT2D eigenvalue weighted by atomic mass is 19.1. The maximum Gasteiger partial charge on any atom is 0.147 e. The van der Waals surface area contributed by atoms with E-state index in [-0.39, 0.29) is 5.82 Å². The molecule has 0 bridgehead atoms. The molecule has 2 aromatic rings. The molecular formula is C16H19FN4. The second-order valence-corrected chi connectivity index (χ2v) is 5.95. The van der Waals surface area contributed by atoms with Crippen LogP contribution >= 0.6 is 0 Å². The molecular weight excluding hydrogens is 267 g/mol. The number of nitrogen functional groups attached to an aromatic ring is 1. The molecule has 1 aliphatic carbocycles. The van der Waals surface area contributed by atoms with Crippen LogP contribution in [0.15, 0.2) is 24.3 Å². The predicted octanol–water partition coefficient (Wildman–Crippen LogP) is 2.72. The SMILES string of the molecule is CC(C)(c1ccc(F)cc1)c1nc2c(c(NN)n1)CCC2. The van der Waals surface area contributed by atoms with Gasteiger partial charge in [-0.2, -0.15) is 0 Å². The molecule has 110 valence electrons. The Morgan fingerprint density at radius 1 is 1.14 bits per heavy atom. The van der Waals surface area contributed by atoms with Gasteiger partial charge in [0.15, 0.2) is 0 Å². The van der Waals surface area contributed by atoms with Gasteiger partial charge < -0.3 is 5.43 Å². The average Bonchev–Trinajstić information content (AvgIpc) is 2.95. The van der Waals surface area contributed by atoms with Crippen LogP contribution in [0.4, 0.5) is 10.2 Å². The van der Waals surface area contributed by atoms with Gasteiger partial charge in [0.05, 0.1) is 0 Å². The number of nitrogens with zero attached hydrogens (tertiary/aromatic N) is 2. The lowest BCUT2D eigenvalue weighted by atomic mass is 9.83. The van der Waals surface area contributed by atoms with Crippen molar-refractivity contribution in [2.45, 2.75) is 38.5 Å². The maximum absolute atomic E-state index is 13.1. The van der Waals surface area contributed by atoms with E-state index in [4.69, 9.17) is 10.8 Å². The van der Waals surface area contributed by atoms with Crippen LogP contribution in [-0.2, 0) is 18.3 Å². The largest absolute Gasteiger partial charge is 0.308 e. The molecule has 0 saturated carbocycles. The zero-order valence-corrected chi connectivity index (χ0v) is 12.3. The first kappa shape index (κ1) is 13.9. The monoisotopic (exact) mass is 286 g/mol. The second kappa shape index (κ2) is 5.07. The van der Waals surface area contributed by atoms with Crippen molar-refractivity contribution >= 4 is 5.82 Å². The van der Waals surface area contributed by atoms with Crippen LogP contribution in [-0.4, -0.2) is 9.97 Å². The molecule has 0 unspecified atom stereocenters. The van der Waals surface area contributed by atoms with Crippen LogP contribution in [0.5, 0.6) is 0 Å². The molecule has 0 aliphatic heterocycles. The third kappa shape index (κ3) is 2.38. The highest BCUT2D eigenvalue weighted by Gasteiger charge is 2.29. The first-order valence-corrected chi connectivity index (χ1v) is 7.15. The van der Waals surface area contributed by atoms with Gasteiger partial charge in [-0.3, -0.25) is 0 Å². The molecule has 0 spiro atoms. The standard InChI is InChI=1S/C16H19FN4/c1-16(2,10-6-8-11(17)9-7-10)15-19-13-5-3-4-12(13)14(20-15)21-18/h6-9H,3-5,18H2,1-2H3,(H,19,20,21). The highest BCUT2D eigenvalue weighted by molar-refractivity contribution is 5.49. The van der Waals surface area contributed by atoms with E-state index in [1.807, 2.05) is 13.8 Å². The molecule has 0 saturated heterocycles.